The number of aryl methyl sites for hydroxylation is 1. The molecule has 0 spiro atoms. The molecule has 3 rings (SSSR count). The molecule has 0 aliphatic carbocycles. The Morgan fingerprint density at radius 3 is 2.54 bits per heavy atom. The molecule has 1 aromatic heterocycles. The van der Waals surface area contributed by atoms with E-state index in [0.717, 1.165) is 14.4 Å². The molecular weight excluding hydrogens is 461 g/mol. The molecule has 0 radical (unpaired) electrons. The molecule has 2 heterocycles. The number of nitrogens with zero attached hydrogens (tertiary/aromatic N) is 4. The molecule has 3 amide bonds. The summed E-state index contributed by atoms with van der Waals surface area (Å²) in [4.78, 5) is 57.3. The van der Waals surface area contributed by atoms with Crippen LogP contribution in [0.15, 0.2) is 23.0 Å². The van der Waals surface area contributed by atoms with Crippen molar-refractivity contribution in [1.82, 2.24) is 24.7 Å². The van der Waals surface area contributed by atoms with Gasteiger partial charge in [-0.05, 0) is 31.0 Å². The third-order valence-electron chi connectivity index (χ3n) is 5.76. The lowest BCUT2D eigenvalue weighted by Crippen LogP contribution is -2.44. The first kappa shape index (κ1) is 25.8. The zero-order valence-electron chi connectivity index (χ0n) is 20.2. The first-order valence-corrected chi connectivity index (χ1v) is 10.9. The Morgan fingerprint density at radius 1 is 1.23 bits per heavy atom. The fourth-order valence-corrected chi connectivity index (χ4v) is 3.71. The number of aromatic hydroxyl groups is 1. The normalized spacial score (nSPS) is 17.2. The van der Waals surface area contributed by atoms with Crippen LogP contribution in [0, 0.1) is 12.7 Å². The van der Waals surface area contributed by atoms with Crippen LogP contribution in [0.5, 0.6) is 5.75 Å². The number of likely N-dealkylation sites (N-methyl/N-ethyl adjacent to an activating group) is 2. The van der Waals surface area contributed by atoms with Crippen LogP contribution in [-0.2, 0) is 20.9 Å². The van der Waals surface area contributed by atoms with Gasteiger partial charge in [0, 0.05) is 27.7 Å². The molecule has 12 heteroatoms. The summed E-state index contributed by atoms with van der Waals surface area (Å²) >= 11 is 0. The third kappa shape index (κ3) is 5.16. The molecule has 0 fully saturated rings. The first-order valence-electron chi connectivity index (χ1n) is 10.9. The molecule has 2 N–H and O–H groups in total. The van der Waals surface area contributed by atoms with Gasteiger partial charge in [-0.25, -0.2) is 9.37 Å². The summed E-state index contributed by atoms with van der Waals surface area (Å²) < 4.78 is 20.3. The van der Waals surface area contributed by atoms with Gasteiger partial charge < -0.3 is 25.0 Å². The average molecular weight is 490 g/mol. The Balaban J connectivity index is 1.99. The van der Waals surface area contributed by atoms with Gasteiger partial charge in [0.2, 0.25) is 5.75 Å². The molecule has 1 aliphatic rings. The number of hydrogen-bond acceptors (Lipinski definition) is 7. The average Bonchev–Trinajstić information content (AvgIpc) is 2.98. The summed E-state index contributed by atoms with van der Waals surface area (Å²) in [5, 5.41) is 13.1. The number of hydrogen-bond donors (Lipinski definition) is 2. The Bertz CT molecular complexity index is 1230. The van der Waals surface area contributed by atoms with Crippen LogP contribution in [0.3, 0.4) is 0 Å². The molecule has 11 nitrogen and oxygen atoms in total. The number of aromatic nitrogens is 2. The fraction of sp³-hybridized carbons (Fsp3) is 0.435. The number of amides is 3. The summed E-state index contributed by atoms with van der Waals surface area (Å²) in [5.41, 5.74) is -0.395. The molecule has 188 valence electrons. The molecular formula is C23H28FN5O6. The molecule has 0 saturated heterocycles. The highest BCUT2D eigenvalue weighted by Gasteiger charge is 2.36. The van der Waals surface area contributed by atoms with Crippen molar-refractivity contribution in [2.24, 2.45) is 0 Å². The van der Waals surface area contributed by atoms with E-state index in [0.29, 0.717) is 11.1 Å². The van der Waals surface area contributed by atoms with E-state index in [4.69, 9.17) is 4.74 Å². The molecule has 1 aromatic carbocycles. The fourth-order valence-electron chi connectivity index (χ4n) is 3.71. The van der Waals surface area contributed by atoms with E-state index in [1.165, 1.54) is 33.3 Å². The Kier molecular flexibility index (Phi) is 7.54. The number of halogens is 1. The van der Waals surface area contributed by atoms with E-state index in [9.17, 15) is 28.7 Å². The van der Waals surface area contributed by atoms with Crippen molar-refractivity contribution in [3.63, 3.8) is 0 Å². The van der Waals surface area contributed by atoms with Crippen LogP contribution in [0.1, 0.15) is 46.4 Å². The van der Waals surface area contributed by atoms with Crippen molar-refractivity contribution in [3.8, 4) is 5.75 Å². The van der Waals surface area contributed by atoms with Crippen molar-refractivity contribution in [3.05, 3.63) is 57.0 Å². The van der Waals surface area contributed by atoms with Gasteiger partial charge >= 0.3 is 11.8 Å². The smallest absolute Gasteiger partial charge is 0.312 e. The van der Waals surface area contributed by atoms with E-state index in [1.807, 2.05) is 0 Å². The van der Waals surface area contributed by atoms with E-state index >= 15 is 0 Å². The SMILES string of the molecule is Cc1cc(CNC(=O)c2nc3n(c(=O)c2O)[C@@H](C)COC[C@H]3N(C)C(=O)C(=O)N(C)C)ccc1F. The zero-order chi connectivity index (χ0) is 26.0. The lowest BCUT2D eigenvalue weighted by atomic mass is 10.1. The van der Waals surface area contributed by atoms with Gasteiger partial charge in [-0.2, -0.15) is 0 Å². The maximum atomic E-state index is 13.5. The molecule has 0 unspecified atom stereocenters. The number of carbonyl (C=O) groups is 3. The molecule has 35 heavy (non-hydrogen) atoms. The number of rotatable bonds is 4. The molecule has 0 saturated carbocycles. The third-order valence-corrected chi connectivity index (χ3v) is 5.76. The highest BCUT2D eigenvalue weighted by Crippen LogP contribution is 2.26. The van der Waals surface area contributed by atoms with Gasteiger partial charge in [-0.15, -0.1) is 0 Å². The van der Waals surface area contributed by atoms with Crippen molar-refractivity contribution >= 4 is 17.7 Å². The summed E-state index contributed by atoms with van der Waals surface area (Å²) in [6.45, 7) is 3.25. The lowest BCUT2D eigenvalue weighted by molar-refractivity contribution is -0.151. The second-order valence-corrected chi connectivity index (χ2v) is 8.63. The molecule has 2 aromatic rings. The van der Waals surface area contributed by atoms with Crippen LogP contribution < -0.4 is 10.9 Å². The van der Waals surface area contributed by atoms with Crippen molar-refractivity contribution in [2.45, 2.75) is 32.5 Å². The van der Waals surface area contributed by atoms with E-state index in [1.54, 1.807) is 19.9 Å². The number of benzene rings is 1. The maximum absolute atomic E-state index is 13.5. The van der Waals surface area contributed by atoms with Gasteiger partial charge in [-0.3, -0.25) is 23.7 Å². The van der Waals surface area contributed by atoms with E-state index in [-0.39, 0.29) is 31.4 Å². The van der Waals surface area contributed by atoms with Crippen LogP contribution in [0.2, 0.25) is 0 Å². The zero-order valence-corrected chi connectivity index (χ0v) is 20.2. The lowest BCUT2D eigenvalue weighted by Gasteiger charge is -2.28. The summed E-state index contributed by atoms with van der Waals surface area (Å²) in [5.74, 6) is -3.71. The topological polar surface area (TPSA) is 134 Å². The largest absolute Gasteiger partial charge is 0.501 e. The summed E-state index contributed by atoms with van der Waals surface area (Å²) in [6, 6.07) is 2.80. The van der Waals surface area contributed by atoms with Gasteiger partial charge in [0.05, 0.1) is 19.3 Å². The van der Waals surface area contributed by atoms with Gasteiger partial charge in [-0.1, -0.05) is 12.1 Å². The molecule has 0 bridgehead atoms. The second kappa shape index (κ2) is 10.2. The van der Waals surface area contributed by atoms with Gasteiger partial charge in [0.25, 0.3) is 11.5 Å². The van der Waals surface area contributed by atoms with E-state index in [2.05, 4.69) is 10.3 Å². The monoisotopic (exact) mass is 489 g/mol. The van der Waals surface area contributed by atoms with Crippen LogP contribution in [0.25, 0.3) is 0 Å². The van der Waals surface area contributed by atoms with E-state index < -0.39 is 46.8 Å². The van der Waals surface area contributed by atoms with Gasteiger partial charge in [0.1, 0.15) is 17.7 Å². The Hall–Kier alpha value is -3.80. The number of ether oxygens (including phenoxy) is 1. The highest BCUT2D eigenvalue weighted by molar-refractivity contribution is 6.34. The van der Waals surface area contributed by atoms with Crippen LogP contribution >= 0.6 is 0 Å². The molecule has 1 aliphatic heterocycles. The minimum Gasteiger partial charge on any atom is -0.501 e. The van der Waals surface area contributed by atoms with Crippen molar-refractivity contribution < 1.29 is 28.6 Å². The molecule has 2 atom stereocenters. The Morgan fingerprint density at radius 2 is 1.91 bits per heavy atom. The quantitative estimate of drug-likeness (QED) is 0.598. The highest BCUT2D eigenvalue weighted by atomic mass is 19.1. The van der Waals surface area contributed by atoms with Crippen molar-refractivity contribution in [2.75, 3.05) is 34.4 Å². The Labute approximate surface area is 201 Å². The second-order valence-electron chi connectivity index (χ2n) is 8.63. The van der Waals surface area contributed by atoms with Crippen LogP contribution in [-0.4, -0.2) is 76.5 Å². The minimum absolute atomic E-state index is 0.00183. The standard InChI is InChI=1S/C23H28FN5O6/c1-12-8-14(6-7-15(12)24)9-25-20(31)17-18(30)21(32)29-13(2)10-35-11-16(19(29)26-17)28(5)23(34)22(33)27(3)4/h6-8,13,16,30H,9-11H2,1-5H3,(H,25,31)/t13-,16+/m0/s1. The predicted molar refractivity (Wildman–Crippen MR) is 122 cm³/mol. The maximum Gasteiger partial charge on any atom is 0.312 e. The number of carbonyl (C=O) groups excluding carboxylic acids is 3. The number of nitrogens with one attached hydrogen (secondary N) is 1. The minimum atomic E-state index is -0.976. The number of fused-ring (bicyclic) bond motifs is 1. The van der Waals surface area contributed by atoms with Gasteiger partial charge in [0.15, 0.2) is 5.69 Å². The summed E-state index contributed by atoms with van der Waals surface area (Å²) in [7, 11) is 4.23. The van der Waals surface area contributed by atoms with Crippen molar-refractivity contribution in [1.29, 1.82) is 0 Å². The first-order chi connectivity index (χ1) is 16.4. The summed E-state index contributed by atoms with van der Waals surface area (Å²) in [6.07, 6.45) is 0. The predicted octanol–water partition coefficient (Wildman–Crippen LogP) is 0.505. The van der Waals surface area contributed by atoms with Crippen LogP contribution in [0.4, 0.5) is 4.39 Å².